The summed E-state index contributed by atoms with van der Waals surface area (Å²) in [6, 6.07) is 24.7. The molecular formula is C25H24F3O2S+. The van der Waals surface area contributed by atoms with Gasteiger partial charge in [-0.05, 0) is 69.0 Å². The number of benzene rings is 3. The number of hydrogen-bond acceptors (Lipinski definition) is 2. The van der Waals surface area contributed by atoms with Crippen molar-refractivity contribution < 1.29 is 22.6 Å². The molecule has 0 unspecified atom stereocenters. The van der Waals surface area contributed by atoms with Crippen LogP contribution in [0.3, 0.4) is 0 Å². The number of hydrogen-bond donors (Lipinski definition) is 0. The first kappa shape index (κ1) is 21.6. The molecule has 0 aliphatic heterocycles. The molecule has 0 spiro atoms. The molecule has 1 aliphatic carbocycles. The minimum absolute atomic E-state index is 0.142. The van der Waals surface area contributed by atoms with Crippen molar-refractivity contribution >= 4 is 10.9 Å². The Morgan fingerprint density at radius 3 is 1.81 bits per heavy atom. The van der Waals surface area contributed by atoms with E-state index < -0.39 is 22.9 Å². The van der Waals surface area contributed by atoms with Crippen LogP contribution in [0.2, 0.25) is 0 Å². The molecule has 6 heteroatoms. The minimum atomic E-state index is -4.78. The van der Waals surface area contributed by atoms with Crippen molar-refractivity contribution in [2.75, 3.05) is 0 Å². The maximum atomic E-state index is 13.0. The first-order chi connectivity index (χ1) is 14.8. The van der Waals surface area contributed by atoms with Crippen molar-refractivity contribution in [1.82, 2.24) is 0 Å². The summed E-state index contributed by atoms with van der Waals surface area (Å²) >= 11 is 0. The van der Waals surface area contributed by atoms with Crippen molar-refractivity contribution in [2.45, 2.75) is 59.3 Å². The van der Waals surface area contributed by atoms with Crippen LogP contribution >= 0.6 is 0 Å². The standard InChI is InChI=1S/C25H24F3O2S/c1-24(16-8-9-17-24)29-23-18-21(14-15-22(23)30-25(26,27)28)31(19-10-4-2-5-11-19)20-12-6-3-7-13-20/h2-7,10-15,18H,8-9,16-17H2,1H3/q+1. The highest BCUT2D eigenvalue weighted by Crippen LogP contribution is 2.42. The molecule has 0 amide bonds. The van der Waals surface area contributed by atoms with Crippen molar-refractivity contribution in [3.05, 3.63) is 78.9 Å². The highest BCUT2D eigenvalue weighted by molar-refractivity contribution is 7.97. The molecule has 3 aromatic rings. The lowest BCUT2D eigenvalue weighted by atomic mass is 10.1. The first-order valence-corrected chi connectivity index (χ1v) is 11.5. The van der Waals surface area contributed by atoms with Gasteiger partial charge in [-0.15, -0.1) is 13.2 Å². The maximum absolute atomic E-state index is 13.0. The van der Waals surface area contributed by atoms with Crippen LogP contribution in [0.15, 0.2) is 93.5 Å². The molecule has 162 valence electrons. The lowest BCUT2D eigenvalue weighted by molar-refractivity contribution is -0.275. The highest BCUT2D eigenvalue weighted by atomic mass is 32.2. The first-order valence-electron chi connectivity index (χ1n) is 10.3. The predicted octanol–water partition coefficient (Wildman–Crippen LogP) is 7.39. The zero-order valence-electron chi connectivity index (χ0n) is 17.2. The summed E-state index contributed by atoms with van der Waals surface area (Å²) in [5, 5.41) is 0. The SMILES string of the molecule is CC1(Oc2cc([S+](c3ccccc3)c3ccccc3)ccc2OC(F)(F)F)CCCC1. The lowest BCUT2D eigenvalue weighted by Gasteiger charge is -2.27. The third-order valence-corrected chi connectivity index (χ3v) is 7.56. The van der Waals surface area contributed by atoms with E-state index in [2.05, 4.69) is 4.74 Å². The van der Waals surface area contributed by atoms with E-state index in [0.29, 0.717) is 0 Å². The zero-order chi connectivity index (χ0) is 21.9. The second kappa shape index (κ2) is 8.87. The van der Waals surface area contributed by atoms with Crippen molar-refractivity contribution in [3.8, 4) is 11.5 Å². The molecular weight excluding hydrogens is 421 g/mol. The topological polar surface area (TPSA) is 18.5 Å². The van der Waals surface area contributed by atoms with Gasteiger partial charge in [0.1, 0.15) is 5.60 Å². The van der Waals surface area contributed by atoms with E-state index in [1.807, 2.05) is 67.6 Å². The molecule has 2 nitrogen and oxygen atoms in total. The van der Waals surface area contributed by atoms with E-state index >= 15 is 0 Å². The van der Waals surface area contributed by atoms with E-state index in [4.69, 9.17) is 4.74 Å². The van der Waals surface area contributed by atoms with Crippen LogP contribution in [0, 0.1) is 0 Å². The van der Waals surface area contributed by atoms with Crippen LogP contribution < -0.4 is 9.47 Å². The van der Waals surface area contributed by atoms with Gasteiger partial charge in [0.05, 0.1) is 10.9 Å². The van der Waals surface area contributed by atoms with E-state index in [1.54, 1.807) is 12.1 Å². The molecule has 0 saturated heterocycles. The summed E-state index contributed by atoms with van der Waals surface area (Å²) in [5.74, 6) is -0.155. The van der Waals surface area contributed by atoms with E-state index in [-0.39, 0.29) is 11.5 Å². The van der Waals surface area contributed by atoms with Crippen LogP contribution in [0.5, 0.6) is 11.5 Å². The Kier molecular flexibility index (Phi) is 6.19. The fraction of sp³-hybridized carbons (Fsp3) is 0.280. The summed E-state index contributed by atoms with van der Waals surface area (Å²) in [5.41, 5.74) is -0.486. The summed E-state index contributed by atoms with van der Waals surface area (Å²) < 4.78 is 49.6. The summed E-state index contributed by atoms with van der Waals surface area (Å²) in [6.45, 7) is 1.96. The van der Waals surface area contributed by atoms with Crippen LogP contribution in [0.4, 0.5) is 13.2 Å². The van der Waals surface area contributed by atoms with Gasteiger partial charge in [0.25, 0.3) is 0 Å². The van der Waals surface area contributed by atoms with Gasteiger partial charge in [0.15, 0.2) is 26.2 Å². The second-order valence-corrected chi connectivity index (χ2v) is 9.87. The number of ether oxygens (including phenoxy) is 2. The average Bonchev–Trinajstić information content (AvgIpc) is 3.17. The zero-order valence-corrected chi connectivity index (χ0v) is 18.0. The highest BCUT2D eigenvalue weighted by Gasteiger charge is 2.37. The Bertz CT molecular complexity index is 961. The van der Waals surface area contributed by atoms with Gasteiger partial charge in [-0.3, -0.25) is 0 Å². The van der Waals surface area contributed by atoms with E-state index in [0.717, 1.165) is 40.4 Å². The molecule has 31 heavy (non-hydrogen) atoms. The Morgan fingerprint density at radius 2 is 1.29 bits per heavy atom. The Hall–Kier alpha value is -2.60. The molecule has 1 aliphatic rings. The molecule has 3 aromatic carbocycles. The molecule has 0 radical (unpaired) electrons. The Morgan fingerprint density at radius 1 is 0.742 bits per heavy atom. The number of alkyl halides is 3. The van der Waals surface area contributed by atoms with Gasteiger partial charge >= 0.3 is 6.36 Å². The van der Waals surface area contributed by atoms with Gasteiger partial charge in [-0.1, -0.05) is 36.4 Å². The minimum Gasteiger partial charge on any atom is -0.483 e. The van der Waals surface area contributed by atoms with Gasteiger partial charge in [0.2, 0.25) is 0 Å². The van der Waals surface area contributed by atoms with Gasteiger partial charge in [-0.25, -0.2) is 0 Å². The Balaban J connectivity index is 1.79. The fourth-order valence-corrected chi connectivity index (χ4v) is 6.02. The molecule has 0 bridgehead atoms. The van der Waals surface area contributed by atoms with E-state index in [9.17, 15) is 13.2 Å². The van der Waals surface area contributed by atoms with Gasteiger partial charge in [0, 0.05) is 6.07 Å². The molecule has 0 N–H and O–H groups in total. The van der Waals surface area contributed by atoms with Crippen LogP contribution in [0.25, 0.3) is 0 Å². The lowest BCUT2D eigenvalue weighted by Crippen LogP contribution is -2.29. The molecule has 0 heterocycles. The summed E-state index contributed by atoms with van der Waals surface area (Å²) in [7, 11) is -0.490. The third-order valence-electron chi connectivity index (χ3n) is 5.35. The maximum Gasteiger partial charge on any atom is 0.573 e. The third kappa shape index (κ3) is 5.37. The van der Waals surface area contributed by atoms with E-state index in [1.165, 1.54) is 6.07 Å². The quantitative estimate of drug-likeness (QED) is 0.368. The molecule has 4 rings (SSSR count). The largest absolute Gasteiger partial charge is 0.573 e. The second-order valence-electron chi connectivity index (χ2n) is 7.85. The molecule has 1 fully saturated rings. The monoisotopic (exact) mass is 445 g/mol. The average molecular weight is 446 g/mol. The fourth-order valence-electron chi connectivity index (χ4n) is 3.92. The van der Waals surface area contributed by atoms with Crippen molar-refractivity contribution in [1.29, 1.82) is 0 Å². The van der Waals surface area contributed by atoms with Crippen molar-refractivity contribution in [3.63, 3.8) is 0 Å². The number of halogens is 3. The number of rotatable bonds is 6. The smallest absolute Gasteiger partial charge is 0.483 e. The van der Waals surface area contributed by atoms with Crippen molar-refractivity contribution in [2.24, 2.45) is 0 Å². The summed E-state index contributed by atoms with van der Waals surface area (Å²) in [6.07, 6.45) is -1.15. The molecule has 1 saturated carbocycles. The summed E-state index contributed by atoms with van der Waals surface area (Å²) in [4.78, 5) is 3.04. The normalized spacial score (nSPS) is 15.8. The van der Waals surface area contributed by atoms with Crippen LogP contribution in [-0.4, -0.2) is 12.0 Å². The van der Waals surface area contributed by atoms with Crippen LogP contribution in [-0.2, 0) is 10.9 Å². The van der Waals surface area contributed by atoms with Crippen LogP contribution in [0.1, 0.15) is 32.6 Å². The predicted molar refractivity (Wildman–Crippen MR) is 116 cm³/mol. The van der Waals surface area contributed by atoms with Gasteiger partial charge < -0.3 is 9.47 Å². The van der Waals surface area contributed by atoms with Gasteiger partial charge in [-0.2, -0.15) is 0 Å². The molecule has 0 atom stereocenters. The molecule has 0 aromatic heterocycles. The Labute approximate surface area is 183 Å².